The highest BCUT2D eigenvalue weighted by Gasteiger charge is 2.17. The van der Waals surface area contributed by atoms with Crippen molar-refractivity contribution in [3.05, 3.63) is 45.5 Å². The van der Waals surface area contributed by atoms with Crippen LogP contribution < -0.4 is 4.72 Å². The molecule has 18 heavy (non-hydrogen) atoms. The number of sulfonamides is 1. The molecule has 2 aromatic heterocycles. The molecule has 0 radical (unpaired) electrons. The van der Waals surface area contributed by atoms with Gasteiger partial charge in [0.1, 0.15) is 4.21 Å². The molecule has 2 heterocycles. The summed E-state index contributed by atoms with van der Waals surface area (Å²) in [7, 11) is -3.45. The maximum Gasteiger partial charge on any atom is 0.250 e. The third-order valence-corrected chi connectivity index (χ3v) is 6.30. The van der Waals surface area contributed by atoms with Crippen molar-refractivity contribution in [2.45, 2.75) is 17.7 Å². The maximum absolute atomic E-state index is 12.0. The van der Waals surface area contributed by atoms with Crippen LogP contribution in [-0.4, -0.2) is 13.4 Å². The molecule has 2 rings (SSSR count). The SMILES string of the molecule is Cc1cc(S(=O)(=O)NCc2cccnc2)sc1Br. The molecule has 0 bridgehead atoms. The fraction of sp³-hybridized carbons (Fsp3) is 0.182. The maximum atomic E-state index is 12.0. The van der Waals surface area contributed by atoms with Gasteiger partial charge in [0.2, 0.25) is 10.0 Å². The van der Waals surface area contributed by atoms with Crippen molar-refractivity contribution < 1.29 is 8.42 Å². The van der Waals surface area contributed by atoms with Crippen LogP contribution in [0.5, 0.6) is 0 Å². The molecule has 0 saturated heterocycles. The molecule has 0 aliphatic carbocycles. The molecule has 0 spiro atoms. The van der Waals surface area contributed by atoms with Crippen molar-refractivity contribution in [2.75, 3.05) is 0 Å². The van der Waals surface area contributed by atoms with Gasteiger partial charge >= 0.3 is 0 Å². The largest absolute Gasteiger partial charge is 0.264 e. The van der Waals surface area contributed by atoms with Gasteiger partial charge in [-0.05, 0) is 46.1 Å². The number of hydrogen-bond donors (Lipinski definition) is 1. The summed E-state index contributed by atoms with van der Waals surface area (Å²) in [6, 6.07) is 5.25. The first-order valence-corrected chi connectivity index (χ1v) is 8.23. The summed E-state index contributed by atoms with van der Waals surface area (Å²) < 4.78 is 27.8. The molecule has 1 N–H and O–H groups in total. The highest BCUT2D eigenvalue weighted by Crippen LogP contribution is 2.30. The number of nitrogens with one attached hydrogen (secondary N) is 1. The van der Waals surface area contributed by atoms with E-state index in [2.05, 4.69) is 25.6 Å². The number of hydrogen-bond acceptors (Lipinski definition) is 4. The summed E-state index contributed by atoms with van der Waals surface area (Å²) in [4.78, 5) is 3.94. The van der Waals surface area contributed by atoms with Crippen LogP contribution in [0.3, 0.4) is 0 Å². The van der Waals surface area contributed by atoms with Crippen LogP contribution in [-0.2, 0) is 16.6 Å². The molecule has 0 aromatic carbocycles. The first-order valence-electron chi connectivity index (χ1n) is 5.13. The Kier molecular flexibility index (Phi) is 4.16. The van der Waals surface area contributed by atoms with Crippen molar-refractivity contribution in [3.63, 3.8) is 0 Å². The number of aromatic nitrogens is 1. The van der Waals surface area contributed by atoms with Gasteiger partial charge in [-0.2, -0.15) is 0 Å². The number of thiophene rings is 1. The van der Waals surface area contributed by atoms with Crippen LogP contribution in [0.4, 0.5) is 0 Å². The normalized spacial score (nSPS) is 11.7. The van der Waals surface area contributed by atoms with Crippen molar-refractivity contribution in [1.29, 1.82) is 0 Å². The van der Waals surface area contributed by atoms with Gasteiger partial charge in [-0.25, -0.2) is 13.1 Å². The minimum atomic E-state index is -3.45. The van der Waals surface area contributed by atoms with Gasteiger partial charge in [0.15, 0.2) is 0 Å². The van der Waals surface area contributed by atoms with E-state index >= 15 is 0 Å². The molecular weight excluding hydrogens is 336 g/mol. The zero-order chi connectivity index (χ0) is 13.2. The summed E-state index contributed by atoms with van der Waals surface area (Å²) in [5.41, 5.74) is 1.75. The molecule has 0 amide bonds. The Morgan fingerprint density at radius 2 is 2.28 bits per heavy atom. The number of halogens is 1. The Hall–Kier alpha value is -0.760. The lowest BCUT2D eigenvalue weighted by molar-refractivity contribution is 0.583. The fourth-order valence-electron chi connectivity index (χ4n) is 1.32. The van der Waals surface area contributed by atoms with E-state index in [4.69, 9.17) is 0 Å². The predicted molar refractivity (Wildman–Crippen MR) is 75.0 cm³/mol. The molecule has 2 aromatic rings. The molecule has 0 unspecified atom stereocenters. The summed E-state index contributed by atoms with van der Waals surface area (Å²) in [6.45, 7) is 2.10. The van der Waals surface area contributed by atoms with Gasteiger partial charge in [0.25, 0.3) is 0 Å². The first kappa shape index (κ1) is 13.7. The van der Waals surface area contributed by atoms with Gasteiger partial charge in [-0.1, -0.05) is 6.07 Å². The molecule has 96 valence electrons. The second-order valence-corrected chi connectivity index (χ2v) is 8.07. The van der Waals surface area contributed by atoms with E-state index < -0.39 is 10.0 Å². The van der Waals surface area contributed by atoms with E-state index in [1.54, 1.807) is 24.5 Å². The number of nitrogens with zero attached hydrogens (tertiary/aromatic N) is 1. The Morgan fingerprint density at radius 1 is 1.50 bits per heavy atom. The molecule has 4 nitrogen and oxygen atoms in total. The van der Waals surface area contributed by atoms with Crippen LogP contribution in [0.25, 0.3) is 0 Å². The van der Waals surface area contributed by atoms with Crippen LogP contribution in [0.1, 0.15) is 11.1 Å². The van der Waals surface area contributed by atoms with Gasteiger partial charge in [-0.3, -0.25) is 4.98 Å². The topological polar surface area (TPSA) is 59.1 Å². The molecule has 7 heteroatoms. The van der Waals surface area contributed by atoms with E-state index in [0.29, 0.717) is 4.21 Å². The molecular formula is C11H11BrN2O2S2. The minimum Gasteiger partial charge on any atom is -0.264 e. The number of rotatable bonds is 4. The van der Waals surface area contributed by atoms with Crippen LogP contribution in [0.15, 0.2) is 38.6 Å². The lowest BCUT2D eigenvalue weighted by Crippen LogP contribution is -2.22. The summed E-state index contributed by atoms with van der Waals surface area (Å²) >= 11 is 4.53. The number of aryl methyl sites for hydroxylation is 1. The van der Waals surface area contributed by atoms with E-state index in [-0.39, 0.29) is 6.54 Å². The smallest absolute Gasteiger partial charge is 0.250 e. The van der Waals surface area contributed by atoms with E-state index in [1.165, 1.54) is 11.3 Å². The minimum absolute atomic E-state index is 0.241. The summed E-state index contributed by atoms with van der Waals surface area (Å²) in [6.07, 6.45) is 3.29. The Balaban J connectivity index is 2.13. The van der Waals surface area contributed by atoms with Crippen molar-refractivity contribution >= 4 is 37.3 Å². The molecule has 0 atom stereocenters. The highest BCUT2D eigenvalue weighted by atomic mass is 79.9. The Morgan fingerprint density at radius 3 is 2.83 bits per heavy atom. The second kappa shape index (κ2) is 5.48. The average molecular weight is 347 g/mol. The van der Waals surface area contributed by atoms with Crippen molar-refractivity contribution in [1.82, 2.24) is 9.71 Å². The molecule has 0 fully saturated rings. The van der Waals surface area contributed by atoms with Crippen LogP contribution in [0.2, 0.25) is 0 Å². The summed E-state index contributed by atoms with van der Waals surface area (Å²) in [5, 5.41) is 0. The molecule has 0 saturated carbocycles. The van der Waals surface area contributed by atoms with Gasteiger partial charge < -0.3 is 0 Å². The zero-order valence-corrected chi connectivity index (χ0v) is 12.8. The van der Waals surface area contributed by atoms with Gasteiger partial charge in [0, 0.05) is 18.9 Å². The van der Waals surface area contributed by atoms with Crippen LogP contribution in [0, 0.1) is 6.92 Å². The van der Waals surface area contributed by atoms with Crippen LogP contribution >= 0.6 is 27.3 Å². The quantitative estimate of drug-likeness (QED) is 0.925. The van der Waals surface area contributed by atoms with E-state index in [1.807, 2.05) is 13.0 Å². The van der Waals surface area contributed by atoms with Crippen molar-refractivity contribution in [2.24, 2.45) is 0 Å². The Bertz CT molecular complexity index is 619. The van der Waals surface area contributed by atoms with E-state index in [9.17, 15) is 8.42 Å². The lowest BCUT2D eigenvalue weighted by Gasteiger charge is -2.04. The second-order valence-electron chi connectivity index (χ2n) is 3.71. The van der Waals surface area contributed by atoms with Crippen molar-refractivity contribution in [3.8, 4) is 0 Å². The van der Waals surface area contributed by atoms with Gasteiger partial charge in [-0.15, -0.1) is 11.3 Å². The summed E-state index contributed by atoms with van der Waals surface area (Å²) in [5.74, 6) is 0. The fourth-order valence-corrected chi connectivity index (χ4v) is 4.60. The molecule has 0 aliphatic rings. The first-order chi connectivity index (χ1) is 8.49. The zero-order valence-electron chi connectivity index (χ0n) is 9.55. The molecule has 0 aliphatic heterocycles. The third kappa shape index (κ3) is 3.17. The Labute approximate surface area is 118 Å². The monoisotopic (exact) mass is 346 g/mol. The predicted octanol–water partition coefficient (Wildman–Crippen LogP) is 2.69. The third-order valence-electron chi connectivity index (χ3n) is 2.29. The standard InChI is InChI=1S/C11H11BrN2O2S2/c1-8-5-10(17-11(8)12)18(15,16)14-7-9-3-2-4-13-6-9/h2-6,14H,7H2,1H3. The average Bonchev–Trinajstić information content (AvgIpc) is 2.70. The lowest BCUT2D eigenvalue weighted by atomic mass is 10.3. The van der Waals surface area contributed by atoms with E-state index in [0.717, 1.165) is 14.9 Å². The number of pyridine rings is 1. The van der Waals surface area contributed by atoms with Gasteiger partial charge in [0.05, 0.1) is 3.79 Å². The highest BCUT2D eigenvalue weighted by molar-refractivity contribution is 9.11.